The highest BCUT2D eigenvalue weighted by molar-refractivity contribution is 6.28. The Balaban J connectivity index is 2.05. The molecule has 6 heteroatoms. The Morgan fingerprint density at radius 3 is 2.83 bits per heavy atom. The van der Waals surface area contributed by atoms with Crippen LogP contribution >= 0.6 is 11.6 Å². The van der Waals surface area contributed by atoms with Crippen LogP contribution in [0.5, 0.6) is 5.75 Å². The lowest BCUT2D eigenvalue weighted by atomic mass is 10.2. The van der Waals surface area contributed by atoms with Gasteiger partial charge in [0.05, 0.1) is 12.7 Å². The van der Waals surface area contributed by atoms with Crippen molar-refractivity contribution in [3.63, 3.8) is 0 Å². The van der Waals surface area contributed by atoms with Crippen LogP contribution in [0.1, 0.15) is 0 Å². The van der Waals surface area contributed by atoms with Gasteiger partial charge in [0.25, 0.3) is 0 Å². The Labute approximate surface area is 108 Å². The van der Waals surface area contributed by atoms with E-state index < -0.39 is 0 Å². The van der Waals surface area contributed by atoms with Gasteiger partial charge in [-0.25, -0.2) is 9.37 Å². The number of rotatable bonds is 1. The summed E-state index contributed by atoms with van der Waals surface area (Å²) < 4.78 is 18.4. The highest BCUT2D eigenvalue weighted by atomic mass is 35.5. The summed E-state index contributed by atoms with van der Waals surface area (Å²) in [4.78, 5) is 9.96. The second-order valence-corrected chi connectivity index (χ2v) is 4.14. The third kappa shape index (κ3) is 1.97. The van der Waals surface area contributed by atoms with Crippen LogP contribution in [0.3, 0.4) is 0 Å². The van der Waals surface area contributed by atoms with Crippen LogP contribution in [-0.2, 0) is 0 Å². The van der Waals surface area contributed by atoms with Crippen LogP contribution < -0.4 is 9.64 Å². The molecule has 0 fully saturated rings. The molecule has 0 N–H and O–H groups in total. The first-order chi connectivity index (χ1) is 8.74. The van der Waals surface area contributed by atoms with E-state index in [9.17, 15) is 4.39 Å². The van der Waals surface area contributed by atoms with E-state index in [1.165, 1.54) is 12.1 Å². The number of halogens is 2. The van der Waals surface area contributed by atoms with Gasteiger partial charge in [-0.2, -0.15) is 4.98 Å². The van der Waals surface area contributed by atoms with Crippen LogP contribution in [0.2, 0.25) is 5.28 Å². The summed E-state index contributed by atoms with van der Waals surface area (Å²) in [6.45, 7) is 1.15. The normalized spacial score (nSPS) is 14.0. The molecule has 1 aliphatic heterocycles. The molecule has 0 saturated carbocycles. The number of nitrogens with zero attached hydrogens (tertiary/aromatic N) is 3. The molecule has 0 radical (unpaired) electrons. The van der Waals surface area contributed by atoms with Gasteiger partial charge in [0.15, 0.2) is 11.6 Å². The lowest BCUT2D eigenvalue weighted by molar-refractivity contribution is 0.310. The predicted molar refractivity (Wildman–Crippen MR) is 65.9 cm³/mol. The summed E-state index contributed by atoms with van der Waals surface area (Å²) >= 11 is 5.79. The first kappa shape index (κ1) is 11.2. The van der Waals surface area contributed by atoms with Crippen molar-refractivity contribution in [1.29, 1.82) is 0 Å². The molecular weight excluding hydrogens is 257 g/mol. The quantitative estimate of drug-likeness (QED) is 0.743. The van der Waals surface area contributed by atoms with Gasteiger partial charge in [0, 0.05) is 5.69 Å². The van der Waals surface area contributed by atoms with Crippen LogP contribution in [0, 0.1) is 5.82 Å². The Kier molecular flexibility index (Phi) is 2.76. The average molecular weight is 266 g/mol. The largest absolute Gasteiger partial charge is 0.486 e. The minimum Gasteiger partial charge on any atom is -0.486 e. The number of fused-ring (bicyclic) bond motifs is 1. The van der Waals surface area contributed by atoms with E-state index in [0.29, 0.717) is 24.7 Å². The summed E-state index contributed by atoms with van der Waals surface area (Å²) in [5.41, 5.74) is 0.843. The number of hydrogen-bond acceptors (Lipinski definition) is 4. The van der Waals surface area contributed by atoms with Crippen molar-refractivity contribution < 1.29 is 9.13 Å². The average Bonchev–Trinajstić information content (AvgIpc) is 2.39. The van der Waals surface area contributed by atoms with Crippen molar-refractivity contribution in [2.45, 2.75) is 0 Å². The van der Waals surface area contributed by atoms with Gasteiger partial charge >= 0.3 is 0 Å². The van der Waals surface area contributed by atoms with Gasteiger partial charge in [-0.1, -0.05) is 0 Å². The van der Waals surface area contributed by atoms with Gasteiger partial charge in [-0.15, -0.1) is 0 Å². The van der Waals surface area contributed by atoms with Gasteiger partial charge in [0.2, 0.25) is 5.28 Å². The third-order valence-corrected chi connectivity index (χ3v) is 2.86. The van der Waals surface area contributed by atoms with Gasteiger partial charge in [0.1, 0.15) is 12.4 Å². The minimum atomic E-state index is -0.270. The molecule has 0 aliphatic carbocycles. The zero-order chi connectivity index (χ0) is 12.5. The van der Waals surface area contributed by atoms with Crippen molar-refractivity contribution in [1.82, 2.24) is 9.97 Å². The molecule has 2 heterocycles. The first-order valence-electron chi connectivity index (χ1n) is 5.42. The topological polar surface area (TPSA) is 38.2 Å². The van der Waals surface area contributed by atoms with E-state index in [1.54, 1.807) is 18.3 Å². The molecular formula is C12H9ClFN3O. The maximum absolute atomic E-state index is 12.9. The minimum absolute atomic E-state index is 0.159. The zero-order valence-electron chi connectivity index (χ0n) is 9.31. The lowest BCUT2D eigenvalue weighted by Crippen LogP contribution is -2.29. The van der Waals surface area contributed by atoms with E-state index in [0.717, 1.165) is 5.69 Å². The zero-order valence-corrected chi connectivity index (χ0v) is 10.1. The molecule has 0 saturated heterocycles. The fraction of sp³-hybridized carbons (Fsp3) is 0.167. The molecule has 1 aromatic carbocycles. The fourth-order valence-corrected chi connectivity index (χ4v) is 1.99. The molecule has 4 nitrogen and oxygen atoms in total. The van der Waals surface area contributed by atoms with Crippen molar-refractivity contribution in [3.8, 4) is 5.75 Å². The molecule has 1 aliphatic rings. The van der Waals surface area contributed by atoms with Gasteiger partial charge < -0.3 is 9.64 Å². The van der Waals surface area contributed by atoms with E-state index in [1.807, 2.05) is 4.90 Å². The first-order valence-corrected chi connectivity index (χ1v) is 5.80. The maximum atomic E-state index is 12.9. The fourth-order valence-electron chi connectivity index (χ4n) is 1.86. The van der Waals surface area contributed by atoms with E-state index in [4.69, 9.17) is 16.3 Å². The predicted octanol–water partition coefficient (Wildman–Crippen LogP) is 2.80. The number of benzene rings is 1. The number of hydrogen-bond donors (Lipinski definition) is 0. The molecule has 0 bridgehead atoms. The molecule has 0 spiro atoms. The van der Waals surface area contributed by atoms with Crippen LogP contribution in [-0.4, -0.2) is 23.1 Å². The molecule has 92 valence electrons. The van der Waals surface area contributed by atoms with E-state index in [2.05, 4.69) is 9.97 Å². The van der Waals surface area contributed by atoms with Gasteiger partial charge in [-0.05, 0) is 35.9 Å². The highest BCUT2D eigenvalue weighted by Crippen LogP contribution is 2.34. The van der Waals surface area contributed by atoms with Crippen LogP contribution in [0.15, 0.2) is 30.5 Å². The molecule has 0 amide bonds. The monoisotopic (exact) mass is 265 g/mol. The second-order valence-electron chi connectivity index (χ2n) is 3.80. The summed E-state index contributed by atoms with van der Waals surface area (Å²) in [7, 11) is 0. The third-order valence-electron chi connectivity index (χ3n) is 2.67. The Bertz CT molecular complexity index is 576. The summed E-state index contributed by atoms with van der Waals surface area (Å²) in [6.07, 6.45) is 1.54. The van der Waals surface area contributed by atoms with Gasteiger partial charge in [-0.3, -0.25) is 0 Å². The Hall–Kier alpha value is -1.88. The highest BCUT2D eigenvalue weighted by Gasteiger charge is 2.21. The SMILES string of the molecule is Fc1ccc(N2CCOc3cnc(Cl)nc32)cc1. The van der Waals surface area contributed by atoms with Crippen molar-refractivity contribution >= 4 is 23.1 Å². The molecule has 2 aromatic rings. The lowest BCUT2D eigenvalue weighted by Gasteiger charge is -2.29. The molecule has 0 unspecified atom stereocenters. The van der Waals surface area contributed by atoms with Crippen molar-refractivity contribution in [2.24, 2.45) is 0 Å². The van der Waals surface area contributed by atoms with Crippen LogP contribution in [0.25, 0.3) is 0 Å². The summed E-state index contributed by atoms with van der Waals surface area (Å²) in [5, 5.41) is 0.159. The molecule has 0 atom stereocenters. The summed E-state index contributed by atoms with van der Waals surface area (Å²) in [5.74, 6) is 0.913. The number of anilines is 2. The summed E-state index contributed by atoms with van der Waals surface area (Å²) in [6, 6.07) is 6.21. The number of ether oxygens (including phenoxy) is 1. The van der Waals surface area contributed by atoms with E-state index >= 15 is 0 Å². The standard InChI is InChI=1S/C12H9ClFN3O/c13-12-15-7-10-11(16-12)17(5-6-18-10)9-3-1-8(14)2-4-9/h1-4,7H,5-6H2. The maximum Gasteiger partial charge on any atom is 0.224 e. The smallest absolute Gasteiger partial charge is 0.224 e. The molecule has 18 heavy (non-hydrogen) atoms. The molecule has 1 aromatic heterocycles. The van der Waals surface area contributed by atoms with Crippen LogP contribution in [0.4, 0.5) is 15.9 Å². The Morgan fingerprint density at radius 2 is 2.06 bits per heavy atom. The Morgan fingerprint density at radius 1 is 1.28 bits per heavy atom. The van der Waals surface area contributed by atoms with E-state index in [-0.39, 0.29) is 11.1 Å². The number of aromatic nitrogens is 2. The molecule has 3 rings (SSSR count). The van der Waals surface area contributed by atoms with Crippen molar-refractivity contribution in [3.05, 3.63) is 41.6 Å². The second kappa shape index (κ2) is 4.42. The van der Waals surface area contributed by atoms with Crippen molar-refractivity contribution in [2.75, 3.05) is 18.1 Å².